The van der Waals surface area contributed by atoms with Crippen LogP contribution in [-0.4, -0.2) is 13.5 Å². The summed E-state index contributed by atoms with van der Waals surface area (Å²) < 4.78 is 41.0. The quantitative estimate of drug-likeness (QED) is 0.439. The molecule has 0 aromatic carbocycles. The van der Waals surface area contributed by atoms with Gasteiger partial charge in [-0.15, -0.1) is 0 Å². The average molecular weight is 293 g/mol. The first kappa shape index (κ1) is 10.9. The molecule has 0 aromatic rings. The third-order valence-corrected chi connectivity index (χ3v) is 6.05. The van der Waals surface area contributed by atoms with Crippen LogP contribution in [0.25, 0.3) is 0 Å². The zero-order valence-corrected chi connectivity index (χ0v) is 8.58. The fourth-order valence-corrected chi connectivity index (χ4v) is 6.26. The zero-order valence-electron chi connectivity index (χ0n) is 4.28. The summed E-state index contributed by atoms with van der Waals surface area (Å²) in [7, 11) is 0. The van der Waals surface area contributed by atoms with Crippen molar-refractivity contribution in [3.8, 4) is 0 Å². The Labute approximate surface area is 66.2 Å². The predicted molar refractivity (Wildman–Crippen MR) is 16.7 cm³/mol. The van der Waals surface area contributed by atoms with Crippen molar-refractivity contribution in [3.63, 3.8) is 0 Å². The molecule has 0 bridgehead atoms. The molecule has 0 rings (SSSR count). The zero-order chi connectivity index (χ0) is 8.41. The summed E-state index contributed by atoms with van der Waals surface area (Å²) in [5.41, 5.74) is 0. The molecular weight excluding hydrogens is 290 g/mol. The van der Waals surface area contributed by atoms with E-state index in [4.69, 9.17) is 13.5 Å². The van der Waals surface area contributed by atoms with Crippen molar-refractivity contribution < 1.29 is 60.1 Å². The van der Waals surface area contributed by atoms with Crippen molar-refractivity contribution in [1.82, 2.24) is 0 Å². The Kier molecular flexibility index (Phi) is 3.90. The Hall–Kier alpha value is 0.943. The Morgan fingerprint density at radius 1 is 1.40 bits per heavy atom. The summed E-state index contributed by atoms with van der Waals surface area (Å²) in [5.74, 6) is 0. The van der Waals surface area contributed by atoms with Crippen LogP contribution in [0.15, 0.2) is 0 Å². The van der Waals surface area contributed by atoms with Crippen LogP contribution < -0.4 is 0 Å². The summed E-state index contributed by atoms with van der Waals surface area (Å²) in [6, 6.07) is -4.40. The van der Waals surface area contributed by atoms with E-state index in [9.17, 15) is 11.4 Å². The SMILES string of the molecule is O=[P](O)(O)[V][O][Mo](=[O])(=[O])[OH]. The first-order chi connectivity index (χ1) is 4.21. The second-order valence-electron chi connectivity index (χ2n) is 1.10. The summed E-state index contributed by atoms with van der Waals surface area (Å²) in [6.45, 7) is 0. The number of hydrogen-bond acceptors (Lipinski definition) is 4. The van der Waals surface area contributed by atoms with Crippen molar-refractivity contribution in [2.24, 2.45) is 0 Å². The summed E-state index contributed by atoms with van der Waals surface area (Å²) >= 11 is -7.78. The molecule has 0 unspecified atom stereocenters. The van der Waals surface area contributed by atoms with Crippen molar-refractivity contribution >= 4 is 6.07 Å². The van der Waals surface area contributed by atoms with E-state index in [2.05, 4.69) is 2.32 Å². The molecule has 7 nitrogen and oxygen atoms in total. The topological polar surface area (TPSA) is 121 Å². The third kappa shape index (κ3) is 8.94. The van der Waals surface area contributed by atoms with E-state index in [1.807, 2.05) is 0 Å². The van der Waals surface area contributed by atoms with E-state index in [1.54, 1.807) is 0 Å². The van der Waals surface area contributed by atoms with E-state index in [-0.39, 0.29) is 0 Å². The fourth-order valence-electron chi connectivity index (χ4n) is 0.0855. The maximum atomic E-state index is 9.93. The van der Waals surface area contributed by atoms with Crippen molar-refractivity contribution in [2.75, 3.05) is 0 Å². The maximum absolute atomic E-state index is 9.93. The van der Waals surface area contributed by atoms with Crippen molar-refractivity contribution in [1.29, 1.82) is 0 Å². The minimum absolute atomic E-state index is 2.09. The normalized spacial score (nSPS) is 13.1. The molecule has 0 aliphatic carbocycles. The number of rotatable bonds is 3. The van der Waals surface area contributed by atoms with Crippen LogP contribution in [0, 0.1) is 0 Å². The van der Waals surface area contributed by atoms with Gasteiger partial charge in [-0.25, -0.2) is 0 Å². The van der Waals surface area contributed by atoms with Crippen molar-refractivity contribution in [2.45, 2.75) is 0 Å². The predicted octanol–water partition coefficient (Wildman–Crippen LogP) is -1.24. The second kappa shape index (κ2) is 3.56. The molecule has 0 aliphatic rings. The molecule has 0 fully saturated rings. The van der Waals surface area contributed by atoms with Crippen LogP contribution >= 0.6 is 6.07 Å². The Bertz CT molecular complexity index is 232. The van der Waals surface area contributed by atoms with Crippen LogP contribution in [0.2, 0.25) is 0 Å². The molecule has 3 N–H and O–H groups in total. The third-order valence-electron chi connectivity index (χ3n) is 0.234. The summed E-state index contributed by atoms with van der Waals surface area (Å²) in [6.07, 6.45) is 0. The molecule has 0 amide bonds. The second-order valence-corrected chi connectivity index (χ2v) is 9.34. The monoisotopic (exact) mass is 295 g/mol. The number of hydrogen-bond donors (Lipinski definition) is 3. The van der Waals surface area contributed by atoms with Gasteiger partial charge in [0, 0.05) is 0 Å². The van der Waals surface area contributed by atoms with Gasteiger partial charge in [0.25, 0.3) is 0 Å². The van der Waals surface area contributed by atoms with Crippen LogP contribution in [0.1, 0.15) is 0 Å². The molecular formula is H3MoO7PV. The van der Waals surface area contributed by atoms with Crippen LogP contribution in [0.5, 0.6) is 0 Å². The molecule has 0 saturated carbocycles. The van der Waals surface area contributed by atoms with Gasteiger partial charge in [-0.05, 0) is 0 Å². The standard InChI is InChI=1S/Mo.HO3P.H2O.3O.V/c;1-4(2)3;;;;;/h;(H-,1,2,3);1H2;;;;/q+1;;;;;;-1. The van der Waals surface area contributed by atoms with Gasteiger partial charge in [-0.1, -0.05) is 0 Å². The van der Waals surface area contributed by atoms with E-state index in [1.165, 1.54) is 0 Å². The fraction of sp³-hybridized carbons (Fsp3) is 0. The molecule has 0 radical (unpaired) electrons. The Morgan fingerprint density at radius 3 is 1.90 bits per heavy atom. The molecule has 61 valence electrons. The summed E-state index contributed by atoms with van der Waals surface area (Å²) in [5, 5.41) is 0. The van der Waals surface area contributed by atoms with Gasteiger partial charge >= 0.3 is 66.2 Å². The molecule has 0 aliphatic heterocycles. The van der Waals surface area contributed by atoms with Gasteiger partial charge in [0.2, 0.25) is 0 Å². The van der Waals surface area contributed by atoms with Gasteiger partial charge in [0.15, 0.2) is 0 Å². The average Bonchev–Trinajstić information content (AvgIpc) is 1.57. The van der Waals surface area contributed by atoms with Crippen LogP contribution in [-0.2, 0) is 46.6 Å². The minimum atomic E-state index is -5.69. The first-order valence-electron chi connectivity index (χ1n) is 1.65. The molecule has 0 aromatic heterocycles. The van der Waals surface area contributed by atoms with Gasteiger partial charge < -0.3 is 0 Å². The van der Waals surface area contributed by atoms with Crippen LogP contribution in [0.4, 0.5) is 0 Å². The Morgan fingerprint density at radius 2 is 1.80 bits per heavy atom. The molecule has 0 heterocycles. The first-order valence-corrected chi connectivity index (χ1v) is 9.01. The molecule has 0 spiro atoms. The van der Waals surface area contributed by atoms with Gasteiger partial charge in [-0.3, -0.25) is 0 Å². The van der Waals surface area contributed by atoms with Crippen LogP contribution in [0.3, 0.4) is 0 Å². The van der Waals surface area contributed by atoms with E-state index >= 15 is 0 Å². The van der Waals surface area contributed by atoms with E-state index in [0.717, 1.165) is 0 Å². The molecule has 10 heteroatoms. The molecule has 0 saturated heterocycles. The Balaban J connectivity index is 3.92. The molecule has 0 atom stereocenters. The van der Waals surface area contributed by atoms with E-state index < -0.39 is 39.0 Å². The van der Waals surface area contributed by atoms with E-state index in [0.29, 0.717) is 0 Å². The molecule has 10 heavy (non-hydrogen) atoms. The van der Waals surface area contributed by atoms with Gasteiger partial charge in [0.05, 0.1) is 0 Å². The summed E-state index contributed by atoms with van der Waals surface area (Å²) in [4.78, 5) is 16.1. The van der Waals surface area contributed by atoms with Gasteiger partial charge in [0.1, 0.15) is 0 Å². The van der Waals surface area contributed by atoms with Crippen molar-refractivity contribution in [3.05, 3.63) is 0 Å². The van der Waals surface area contributed by atoms with Gasteiger partial charge in [-0.2, -0.15) is 0 Å².